The molecule has 3 aromatic rings. The van der Waals surface area contributed by atoms with Crippen LogP contribution < -0.4 is 4.74 Å². The molecule has 1 amide bonds. The number of rotatable bonds is 10. The molecular formula is C24H28N2O5S. The largest absolute Gasteiger partial charge is 0.494 e. The van der Waals surface area contributed by atoms with Crippen LogP contribution in [0.2, 0.25) is 0 Å². The zero-order chi connectivity index (χ0) is 23.1. The van der Waals surface area contributed by atoms with Crippen molar-refractivity contribution in [1.29, 1.82) is 0 Å². The smallest absolute Gasteiger partial charge is 0.243 e. The summed E-state index contributed by atoms with van der Waals surface area (Å²) in [5.41, 5.74) is 1.87. The van der Waals surface area contributed by atoms with E-state index in [9.17, 15) is 13.2 Å². The van der Waals surface area contributed by atoms with Crippen molar-refractivity contribution in [2.45, 2.75) is 31.8 Å². The Labute approximate surface area is 189 Å². The molecule has 0 atom stereocenters. The summed E-state index contributed by atoms with van der Waals surface area (Å²) in [6.45, 7) is 4.40. The fourth-order valence-corrected chi connectivity index (χ4v) is 4.51. The van der Waals surface area contributed by atoms with E-state index in [0.717, 1.165) is 21.2 Å². The van der Waals surface area contributed by atoms with Gasteiger partial charge in [0.15, 0.2) is 0 Å². The van der Waals surface area contributed by atoms with Gasteiger partial charge in [-0.15, -0.1) is 0 Å². The highest BCUT2D eigenvalue weighted by atomic mass is 32.2. The molecule has 0 saturated carbocycles. The SMILES string of the molecule is CCOc1ccc(CN(C)C(=O)CN(Cc2ccco2)S(=O)(=O)c2ccc(C)cc2)cc1. The van der Waals surface area contributed by atoms with Crippen LogP contribution in [0.1, 0.15) is 23.8 Å². The highest BCUT2D eigenvalue weighted by molar-refractivity contribution is 7.89. The number of likely N-dealkylation sites (N-methyl/N-ethyl adjacent to an activating group) is 1. The van der Waals surface area contributed by atoms with E-state index >= 15 is 0 Å². The van der Waals surface area contributed by atoms with Crippen molar-refractivity contribution < 1.29 is 22.4 Å². The van der Waals surface area contributed by atoms with Gasteiger partial charge in [0.25, 0.3) is 0 Å². The lowest BCUT2D eigenvalue weighted by atomic mass is 10.2. The number of carbonyl (C=O) groups is 1. The number of ether oxygens (including phenoxy) is 1. The lowest BCUT2D eigenvalue weighted by Gasteiger charge is -2.24. The second kappa shape index (κ2) is 10.5. The van der Waals surface area contributed by atoms with E-state index in [1.54, 1.807) is 43.4 Å². The van der Waals surface area contributed by atoms with Gasteiger partial charge in [0.05, 0.1) is 30.9 Å². The van der Waals surface area contributed by atoms with E-state index in [0.29, 0.717) is 18.9 Å². The Morgan fingerprint density at radius 3 is 2.28 bits per heavy atom. The Morgan fingerprint density at radius 1 is 1.00 bits per heavy atom. The van der Waals surface area contributed by atoms with Crippen LogP contribution in [0.15, 0.2) is 76.2 Å². The van der Waals surface area contributed by atoms with Crippen LogP contribution in [0.25, 0.3) is 0 Å². The maximum absolute atomic E-state index is 13.3. The Bertz CT molecular complexity index is 1110. The lowest BCUT2D eigenvalue weighted by Crippen LogP contribution is -2.40. The zero-order valence-corrected chi connectivity index (χ0v) is 19.3. The topological polar surface area (TPSA) is 80.1 Å². The van der Waals surface area contributed by atoms with Gasteiger partial charge in [-0.25, -0.2) is 8.42 Å². The van der Waals surface area contributed by atoms with Crippen molar-refractivity contribution in [3.63, 3.8) is 0 Å². The number of carbonyl (C=O) groups excluding carboxylic acids is 1. The van der Waals surface area contributed by atoms with Crippen molar-refractivity contribution >= 4 is 15.9 Å². The molecule has 1 heterocycles. The molecule has 170 valence electrons. The van der Waals surface area contributed by atoms with E-state index in [2.05, 4.69) is 0 Å². The third kappa shape index (κ3) is 5.99. The summed E-state index contributed by atoms with van der Waals surface area (Å²) in [4.78, 5) is 14.6. The predicted molar refractivity (Wildman–Crippen MR) is 122 cm³/mol. The molecule has 7 nitrogen and oxygen atoms in total. The maximum atomic E-state index is 13.3. The minimum absolute atomic E-state index is 0.0359. The molecule has 2 aromatic carbocycles. The van der Waals surface area contributed by atoms with Gasteiger partial charge in [0.1, 0.15) is 11.5 Å². The molecule has 8 heteroatoms. The molecule has 0 spiro atoms. The van der Waals surface area contributed by atoms with E-state index in [1.807, 2.05) is 38.1 Å². The molecule has 0 radical (unpaired) electrons. The van der Waals surface area contributed by atoms with Crippen LogP contribution >= 0.6 is 0 Å². The van der Waals surface area contributed by atoms with E-state index in [-0.39, 0.29) is 23.9 Å². The minimum Gasteiger partial charge on any atom is -0.494 e. The van der Waals surface area contributed by atoms with Crippen LogP contribution in [0.3, 0.4) is 0 Å². The van der Waals surface area contributed by atoms with E-state index < -0.39 is 10.0 Å². The van der Waals surface area contributed by atoms with Gasteiger partial charge < -0.3 is 14.1 Å². The first-order valence-corrected chi connectivity index (χ1v) is 11.8. The monoisotopic (exact) mass is 456 g/mol. The molecule has 1 aromatic heterocycles. The van der Waals surface area contributed by atoms with Crippen LogP contribution in [0.4, 0.5) is 0 Å². The first-order valence-electron chi connectivity index (χ1n) is 10.3. The molecule has 0 N–H and O–H groups in total. The van der Waals surface area contributed by atoms with Crippen LogP contribution in [0, 0.1) is 6.92 Å². The highest BCUT2D eigenvalue weighted by Crippen LogP contribution is 2.20. The van der Waals surface area contributed by atoms with Crippen molar-refractivity contribution in [3.05, 3.63) is 83.8 Å². The molecule has 0 aliphatic heterocycles. The van der Waals surface area contributed by atoms with Gasteiger partial charge in [-0.3, -0.25) is 4.79 Å². The summed E-state index contributed by atoms with van der Waals surface area (Å²) in [6.07, 6.45) is 1.48. The Balaban J connectivity index is 1.76. The molecule has 32 heavy (non-hydrogen) atoms. The van der Waals surface area contributed by atoms with Crippen molar-refractivity contribution in [3.8, 4) is 5.75 Å². The Morgan fingerprint density at radius 2 is 1.69 bits per heavy atom. The van der Waals surface area contributed by atoms with Gasteiger partial charge in [0, 0.05) is 13.6 Å². The van der Waals surface area contributed by atoms with Gasteiger partial charge in [-0.05, 0) is 55.8 Å². The fraction of sp³-hybridized carbons (Fsp3) is 0.292. The molecule has 0 aliphatic rings. The Hall–Kier alpha value is -3.10. The first kappa shape index (κ1) is 23.6. The van der Waals surface area contributed by atoms with Gasteiger partial charge in [0.2, 0.25) is 15.9 Å². The quantitative estimate of drug-likeness (QED) is 0.463. The summed E-state index contributed by atoms with van der Waals surface area (Å²) in [7, 11) is -2.24. The number of benzene rings is 2. The highest BCUT2D eigenvalue weighted by Gasteiger charge is 2.28. The summed E-state index contributed by atoms with van der Waals surface area (Å²) in [5.74, 6) is 0.905. The summed E-state index contributed by atoms with van der Waals surface area (Å²) in [5, 5.41) is 0. The summed E-state index contributed by atoms with van der Waals surface area (Å²) in [6, 6.07) is 17.4. The second-order valence-corrected chi connectivity index (χ2v) is 9.43. The maximum Gasteiger partial charge on any atom is 0.243 e. The summed E-state index contributed by atoms with van der Waals surface area (Å²) < 4.78 is 38.5. The van der Waals surface area contributed by atoms with Crippen molar-refractivity contribution in [1.82, 2.24) is 9.21 Å². The number of aryl methyl sites for hydroxylation is 1. The molecule has 0 unspecified atom stereocenters. The molecule has 0 fully saturated rings. The Kier molecular flexibility index (Phi) is 7.71. The average Bonchev–Trinajstić information content (AvgIpc) is 3.28. The van der Waals surface area contributed by atoms with E-state index in [4.69, 9.17) is 9.15 Å². The normalized spacial score (nSPS) is 11.5. The van der Waals surface area contributed by atoms with Crippen molar-refractivity contribution in [2.75, 3.05) is 20.2 Å². The lowest BCUT2D eigenvalue weighted by molar-refractivity contribution is -0.130. The standard InChI is InChI=1S/C24H28N2O5S/c1-4-30-21-11-9-20(10-12-21)16-25(3)24(27)18-26(17-22-6-5-15-31-22)32(28,29)23-13-7-19(2)8-14-23/h5-15H,4,16-18H2,1-3H3. The number of nitrogens with zero attached hydrogens (tertiary/aromatic N) is 2. The number of furan rings is 1. The third-order valence-electron chi connectivity index (χ3n) is 4.96. The average molecular weight is 457 g/mol. The number of amides is 1. The second-order valence-electron chi connectivity index (χ2n) is 7.49. The number of sulfonamides is 1. The first-order chi connectivity index (χ1) is 15.3. The molecular weight excluding hydrogens is 428 g/mol. The summed E-state index contributed by atoms with van der Waals surface area (Å²) >= 11 is 0. The zero-order valence-electron chi connectivity index (χ0n) is 18.5. The van der Waals surface area contributed by atoms with Gasteiger partial charge in [-0.2, -0.15) is 4.31 Å². The minimum atomic E-state index is -3.90. The van der Waals surface area contributed by atoms with E-state index in [1.165, 1.54) is 11.2 Å². The molecule has 0 aliphatic carbocycles. The molecule has 3 rings (SSSR count). The number of hydrogen-bond acceptors (Lipinski definition) is 5. The number of hydrogen-bond donors (Lipinski definition) is 0. The van der Waals surface area contributed by atoms with Crippen molar-refractivity contribution in [2.24, 2.45) is 0 Å². The third-order valence-corrected chi connectivity index (χ3v) is 6.77. The van der Waals surface area contributed by atoms with Crippen LogP contribution in [-0.4, -0.2) is 43.7 Å². The predicted octanol–water partition coefficient (Wildman–Crippen LogP) is 3.84. The molecule has 0 saturated heterocycles. The fourth-order valence-electron chi connectivity index (χ4n) is 3.15. The van der Waals surface area contributed by atoms with Gasteiger partial charge in [-0.1, -0.05) is 29.8 Å². The van der Waals surface area contributed by atoms with Gasteiger partial charge >= 0.3 is 0 Å². The van der Waals surface area contributed by atoms with Crippen LogP contribution in [0.5, 0.6) is 5.75 Å². The van der Waals surface area contributed by atoms with Crippen LogP contribution in [-0.2, 0) is 27.9 Å². The molecule has 0 bridgehead atoms.